The molecule has 0 radical (unpaired) electrons. The summed E-state index contributed by atoms with van der Waals surface area (Å²) in [7, 11) is 0. The minimum atomic E-state index is 0.564. The lowest BCUT2D eigenvalue weighted by atomic mass is 9.91. The lowest BCUT2D eigenvalue weighted by Crippen LogP contribution is -2.41. The smallest absolute Gasteiger partial charge is 0.0110 e. The maximum absolute atomic E-state index is 5.81. The summed E-state index contributed by atoms with van der Waals surface area (Å²) in [6.45, 7) is 5.65. The van der Waals surface area contributed by atoms with Crippen molar-refractivity contribution in [1.82, 2.24) is 5.32 Å². The fourth-order valence-electron chi connectivity index (χ4n) is 3.42. The molecule has 0 aromatic rings. The number of hydrogen-bond acceptors (Lipinski definition) is 2. The maximum atomic E-state index is 5.81. The predicted octanol–water partition coefficient (Wildman–Crippen LogP) is 2.28. The van der Waals surface area contributed by atoms with Crippen LogP contribution in [-0.4, -0.2) is 18.6 Å². The van der Waals surface area contributed by atoms with Crippen molar-refractivity contribution in [1.29, 1.82) is 0 Å². The molecule has 2 saturated carbocycles. The molecular formula is C13H26N2. The quantitative estimate of drug-likeness (QED) is 0.750. The number of nitrogens with two attached hydrogens (primary N) is 1. The molecule has 2 nitrogen and oxygen atoms in total. The SMILES string of the molecule is CC1(C)CCC(NC2CCCC2CN)C1. The molecule has 15 heavy (non-hydrogen) atoms. The Bertz CT molecular complexity index is 213. The maximum Gasteiger partial charge on any atom is 0.0110 e. The minimum Gasteiger partial charge on any atom is -0.330 e. The highest BCUT2D eigenvalue weighted by Gasteiger charge is 2.34. The van der Waals surface area contributed by atoms with Crippen molar-refractivity contribution >= 4 is 0 Å². The molecule has 88 valence electrons. The van der Waals surface area contributed by atoms with E-state index in [0.29, 0.717) is 11.5 Å². The first-order valence-corrected chi connectivity index (χ1v) is 6.57. The summed E-state index contributed by atoms with van der Waals surface area (Å²) in [4.78, 5) is 0. The molecule has 3 N–H and O–H groups in total. The van der Waals surface area contributed by atoms with Gasteiger partial charge in [0.25, 0.3) is 0 Å². The van der Waals surface area contributed by atoms with Gasteiger partial charge in [-0.1, -0.05) is 20.3 Å². The fourth-order valence-corrected chi connectivity index (χ4v) is 3.42. The lowest BCUT2D eigenvalue weighted by Gasteiger charge is -2.25. The predicted molar refractivity (Wildman–Crippen MR) is 64.7 cm³/mol. The third-order valence-corrected chi connectivity index (χ3v) is 4.38. The Morgan fingerprint density at radius 2 is 2.07 bits per heavy atom. The number of hydrogen-bond donors (Lipinski definition) is 2. The van der Waals surface area contributed by atoms with Gasteiger partial charge in [0.1, 0.15) is 0 Å². The zero-order valence-electron chi connectivity index (χ0n) is 10.3. The highest BCUT2D eigenvalue weighted by atomic mass is 15.0. The largest absolute Gasteiger partial charge is 0.330 e. The second kappa shape index (κ2) is 4.42. The minimum absolute atomic E-state index is 0.564. The Labute approximate surface area is 94.0 Å². The zero-order valence-corrected chi connectivity index (χ0v) is 10.3. The third-order valence-electron chi connectivity index (χ3n) is 4.38. The average Bonchev–Trinajstić information content (AvgIpc) is 2.73. The van der Waals surface area contributed by atoms with Gasteiger partial charge < -0.3 is 11.1 Å². The molecule has 2 rings (SSSR count). The van der Waals surface area contributed by atoms with Gasteiger partial charge in [-0.15, -0.1) is 0 Å². The van der Waals surface area contributed by atoms with Gasteiger partial charge in [0.2, 0.25) is 0 Å². The van der Waals surface area contributed by atoms with E-state index < -0.39 is 0 Å². The van der Waals surface area contributed by atoms with Crippen LogP contribution in [0.25, 0.3) is 0 Å². The van der Waals surface area contributed by atoms with Gasteiger partial charge in [-0.2, -0.15) is 0 Å². The number of nitrogens with one attached hydrogen (secondary N) is 1. The van der Waals surface area contributed by atoms with Gasteiger partial charge in [-0.05, 0) is 50.0 Å². The molecule has 0 amide bonds. The van der Waals surface area contributed by atoms with Gasteiger partial charge in [-0.3, -0.25) is 0 Å². The van der Waals surface area contributed by atoms with Crippen LogP contribution in [0.4, 0.5) is 0 Å². The van der Waals surface area contributed by atoms with Crippen LogP contribution in [-0.2, 0) is 0 Å². The second-order valence-corrected chi connectivity index (χ2v) is 6.30. The molecule has 3 atom stereocenters. The van der Waals surface area contributed by atoms with Crippen molar-refractivity contribution in [2.24, 2.45) is 17.1 Å². The Morgan fingerprint density at radius 1 is 1.27 bits per heavy atom. The van der Waals surface area contributed by atoms with E-state index in [4.69, 9.17) is 5.73 Å². The van der Waals surface area contributed by atoms with Crippen LogP contribution in [0.1, 0.15) is 52.4 Å². The summed E-state index contributed by atoms with van der Waals surface area (Å²) < 4.78 is 0. The topological polar surface area (TPSA) is 38.0 Å². The van der Waals surface area contributed by atoms with Crippen molar-refractivity contribution in [3.8, 4) is 0 Å². The van der Waals surface area contributed by atoms with E-state index in [0.717, 1.165) is 18.5 Å². The van der Waals surface area contributed by atoms with E-state index in [1.165, 1.54) is 38.5 Å². The molecule has 2 fully saturated rings. The van der Waals surface area contributed by atoms with Gasteiger partial charge in [0, 0.05) is 12.1 Å². The summed E-state index contributed by atoms with van der Waals surface area (Å²) >= 11 is 0. The van der Waals surface area contributed by atoms with Crippen LogP contribution in [0.15, 0.2) is 0 Å². The summed E-state index contributed by atoms with van der Waals surface area (Å²) in [6, 6.07) is 1.48. The highest BCUT2D eigenvalue weighted by Crippen LogP contribution is 2.38. The van der Waals surface area contributed by atoms with Crippen LogP contribution in [0, 0.1) is 11.3 Å². The van der Waals surface area contributed by atoms with Crippen LogP contribution >= 0.6 is 0 Å². The Morgan fingerprint density at radius 3 is 2.67 bits per heavy atom. The molecule has 2 aliphatic rings. The molecule has 0 bridgehead atoms. The fraction of sp³-hybridized carbons (Fsp3) is 1.00. The van der Waals surface area contributed by atoms with E-state index in [1.807, 2.05) is 0 Å². The molecule has 0 aromatic heterocycles. The summed E-state index contributed by atoms with van der Waals surface area (Å²) in [5.74, 6) is 0.744. The second-order valence-electron chi connectivity index (χ2n) is 6.30. The lowest BCUT2D eigenvalue weighted by molar-refractivity contribution is 0.327. The van der Waals surface area contributed by atoms with E-state index >= 15 is 0 Å². The summed E-state index contributed by atoms with van der Waals surface area (Å²) in [5, 5.41) is 3.85. The van der Waals surface area contributed by atoms with E-state index in [2.05, 4.69) is 19.2 Å². The summed E-state index contributed by atoms with van der Waals surface area (Å²) in [6.07, 6.45) is 8.14. The van der Waals surface area contributed by atoms with Crippen LogP contribution in [0.2, 0.25) is 0 Å². The average molecular weight is 210 g/mol. The first-order chi connectivity index (χ1) is 7.11. The van der Waals surface area contributed by atoms with E-state index in [-0.39, 0.29) is 0 Å². The summed E-state index contributed by atoms with van der Waals surface area (Å²) in [5.41, 5.74) is 6.38. The molecule has 0 heterocycles. The highest BCUT2D eigenvalue weighted by molar-refractivity contribution is 4.92. The van der Waals surface area contributed by atoms with Crippen molar-refractivity contribution in [3.63, 3.8) is 0 Å². The monoisotopic (exact) mass is 210 g/mol. The van der Waals surface area contributed by atoms with Gasteiger partial charge in [0.05, 0.1) is 0 Å². The number of rotatable bonds is 3. The Hall–Kier alpha value is -0.0800. The first kappa shape index (κ1) is 11.4. The van der Waals surface area contributed by atoms with Crippen molar-refractivity contribution in [2.75, 3.05) is 6.54 Å². The molecular weight excluding hydrogens is 184 g/mol. The van der Waals surface area contributed by atoms with Crippen LogP contribution in [0.5, 0.6) is 0 Å². The molecule has 0 aromatic carbocycles. The van der Waals surface area contributed by atoms with Crippen LogP contribution in [0.3, 0.4) is 0 Å². The van der Waals surface area contributed by atoms with Gasteiger partial charge >= 0.3 is 0 Å². The van der Waals surface area contributed by atoms with Crippen LogP contribution < -0.4 is 11.1 Å². The van der Waals surface area contributed by atoms with Crippen molar-refractivity contribution < 1.29 is 0 Å². The molecule has 3 unspecified atom stereocenters. The molecule has 0 saturated heterocycles. The first-order valence-electron chi connectivity index (χ1n) is 6.57. The van der Waals surface area contributed by atoms with Gasteiger partial charge in [-0.25, -0.2) is 0 Å². The zero-order chi connectivity index (χ0) is 10.9. The Balaban J connectivity index is 1.82. The molecule has 0 aliphatic heterocycles. The van der Waals surface area contributed by atoms with E-state index in [9.17, 15) is 0 Å². The third kappa shape index (κ3) is 2.73. The van der Waals surface area contributed by atoms with Crippen molar-refractivity contribution in [3.05, 3.63) is 0 Å². The van der Waals surface area contributed by atoms with Crippen molar-refractivity contribution in [2.45, 2.75) is 64.5 Å². The van der Waals surface area contributed by atoms with Gasteiger partial charge in [0.15, 0.2) is 0 Å². The van der Waals surface area contributed by atoms with E-state index in [1.54, 1.807) is 0 Å². The Kier molecular flexibility index (Phi) is 3.36. The standard InChI is InChI=1S/C13H26N2/c1-13(2)7-6-11(8-13)15-12-5-3-4-10(12)9-14/h10-12,15H,3-9,14H2,1-2H3. The molecule has 2 heteroatoms. The normalized spacial score (nSPS) is 39.8. The molecule has 2 aliphatic carbocycles. The molecule has 0 spiro atoms.